The SMILES string of the molecule is Cn1c(C(F)(F)F)nn(CCNC(=O)CSc2ncccn2)c1=O. The number of aromatic nitrogens is 5. The fourth-order valence-electron chi connectivity index (χ4n) is 1.72. The molecule has 0 spiro atoms. The van der Waals surface area contributed by atoms with Gasteiger partial charge in [0.2, 0.25) is 11.7 Å². The highest BCUT2D eigenvalue weighted by molar-refractivity contribution is 7.99. The number of thioether (sulfide) groups is 1. The van der Waals surface area contributed by atoms with Crippen molar-refractivity contribution in [2.75, 3.05) is 12.3 Å². The van der Waals surface area contributed by atoms with Crippen molar-refractivity contribution in [2.24, 2.45) is 7.05 Å². The average Bonchev–Trinajstić information content (AvgIpc) is 2.82. The molecule has 0 saturated heterocycles. The van der Waals surface area contributed by atoms with Crippen molar-refractivity contribution in [2.45, 2.75) is 17.9 Å². The number of carbonyl (C=O) groups is 1. The van der Waals surface area contributed by atoms with Crippen molar-refractivity contribution >= 4 is 17.7 Å². The molecular formula is C12H13F3N6O2S. The standard InChI is InChI=1S/C12H13F3N6O2S/c1-20-9(12(13,14)15)19-21(11(20)23)6-5-16-8(22)7-24-10-17-3-2-4-18-10/h2-4H,5-7H2,1H3,(H,16,22). The average molecular weight is 362 g/mol. The molecule has 0 bridgehead atoms. The maximum atomic E-state index is 12.6. The van der Waals surface area contributed by atoms with Gasteiger partial charge in [-0.05, 0) is 6.07 Å². The first-order valence-corrected chi connectivity index (χ1v) is 7.65. The molecule has 8 nitrogen and oxygen atoms in total. The topological polar surface area (TPSA) is 94.7 Å². The number of nitrogens with zero attached hydrogens (tertiary/aromatic N) is 5. The molecule has 2 heterocycles. The van der Waals surface area contributed by atoms with Gasteiger partial charge in [0.15, 0.2) is 5.16 Å². The van der Waals surface area contributed by atoms with Gasteiger partial charge in [0.1, 0.15) is 0 Å². The van der Waals surface area contributed by atoms with E-state index in [1.54, 1.807) is 18.5 Å². The summed E-state index contributed by atoms with van der Waals surface area (Å²) in [5.74, 6) is -1.59. The maximum absolute atomic E-state index is 12.6. The fourth-order valence-corrected chi connectivity index (χ4v) is 2.36. The van der Waals surface area contributed by atoms with Crippen molar-refractivity contribution in [1.29, 1.82) is 0 Å². The molecular weight excluding hydrogens is 349 g/mol. The van der Waals surface area contributed by atoms with Crippen LogP contribution in [0, 0.1) is 0 Å². The van der Waals surface area contributed by atoms with Crippen LogP contribution in [0.2, 0.25) is 0 Å². The minimum Gasteiger partial charge on any atom is -0.354 e. The van der Waals surface area contributed by atoms with Crippen molar-refractivity contribution in [1.82, 2.24) is 29.6 Å². The minimum absolute atomic E-state index is 0.0245. The van der Waals surface area contributed by atoms with Crippen LogP contribution in [0.15, 0.2) is 28.4 Å². The van der Waals surface area contributed by atoms with E-state index in [1.807, 2.05) is 0 Å². The van der Waals surface area contributed by atoms with Gasteiger partial charge in [-0.3, -0.25) is 9.36 Å². The molecule has 0 aliphatic heterocycles. The molecule has 0 fully saturated rings. The van der Waals surface area contributed by atoms with Gasteiger partial charge in [-0.1, -0.05) is 11.8 Å². The smallest absolute Gasteiger partial charge is 0.354 e. The van der Waals surface area contributed by atoms with E-state index in [2.05, 4.69) is 20.4 Å². The molecule has 0 unspecified atom stereocenters. The highest BCUT2D eigenvalue weighted by atomic mass is 32.2. The van der Waals surface area contributed by atoms with Crippen LogP contribution in [0.4, 0.5) is 13.2 Å². The van der Waals surface area contributed by atoms with Crippen LogP contribution in [0.25, 0.3) is 0 Å². The number of rotatable bonds is 6. The highest BCUT2D eigenvalue weighted by Gasteiger charge is 2.37. The summed E-state index contributed by atoms with van der Waals surface area (Å²) < 4.78 is 39.0. The third kappa shape index (κ3) is 4.57. The van der Waals surface area contributed by atoms with Gasteiger partial charge in [0, 0.05) is 26.0 Å². The van der Waals surface area contributed by atoms with Crippen molar-refractivity contribution in [3.63, 3.8) is 0 Å². The Kier molecular flexibility index (Phi) is 5.59. The zero-order valence-electron chi connectivity index (χ0n) is 12.4. The molecule has 0 aliphatic rings. The Balaban J connectivity index is 1.84. The van der Waals surface area contributed by atoms with Gasteiger partial charge in [0.05, 0.1) is 12.3 Å². The molecule has 0 aromatic carbocycles. The second-order valence-corrected chi connectivity index (χ2v) is 5.50. The van der Waals surface area contributed by atoms with Gasteiger partial charge < -0.3 is 5.32 Å². The molecule has 2 aromatic heterocycles. The number of halogens is 3. The Bertz CT molecular complexity index is 758. The zero-order chi connectivity index (χ0) is 17.7. The Hall–Kier alpha value is -2.37. The number of hydrogen-bond acceptors (Lipinski definition) is 6. The third-order valence-corrected chi connectivity index (χ3v) is 3.69. The van der Waals surface area contributed by atoms with Gasteiger partial charge in [-0.25, -0.2) is 19.4 Å². The number of nitrogens with one attached hydrogen (secondary N) is 1. The fraction of sp³-hybridized carbons (Fsp3) is 0.417. The summed E-state index contributed by atoms with van der Waals surface area (Å²) >= 11 is 1.12. The molecule has 2 rings (SSSR count). The van der Waals surface area contributed by atoms with E-state index in [-0.39, 0.29) is 24.7 Å². The summed E-state index contributed by atoms with van der Waals surface area (Å²) in [7, 11) is 0.990. The van der Waals surface area contributed by atoms with E-state index >= 15 is 0 Å². The molecule has 0 atom stereocenters. The summed E-state index contributed by atoms with van der Waals surface area (Å²) in [5.41, 5.74) is -0.899. The summed E-state index contributed by atoms with van der Waals surface area (Å²) in [4.78, 5) is 31.2. The second-order valence-electron chi connectivity index (χ2n) is 4.56. The van der Waals surface area contributed by atoms with E-state index < -0.39 is 17.7 Å². The van der Waals surface area contributed by atoms with Crippen LogP contribution in [0.3, 0.4) is 0 Å². The predicted molar refractivity (Wildman–Crippen MR) is 78.2 cm³/mol. The van der Waals surface area contributed by atoms with Gasteiger partial charge >= 0.3 is 11.9 Å². The first-order valence-electron chi connectivity index (χ1n) is 6.66. The van der Waals surface area contributed by atoms with Crippen molar-refractivity contribution < 1.29 is 18.0 Å². The number of alkyl halides is 3. The van der Waals surface area contributed by atoms with Gasteiger partial charge in [-0.2, -0.15) is 13.2 Å². The summed E-state index contributed by atoms with van der Waals surface area (Å²) in [6.07, 6.45) is -1.63. The lowest BCUT2D eigenvalue weighted by molar-refractivity contribution is -0.147. The van der Waals surface area contributed by atoms with Crippen molar-refractivity contribution in [3.05, 3.63) is 34.8 Å². The molecule has 0 radical (unpaired) electrons. The third-order valence-electron chi connectivity index (χ3n) is 2.81. The molecule has 1 amide bonds. The molecule has 1 N–H and O–H groups in total. The normalized spacial score (nSPS) is 11.5. The van der Waals surface area contributed by atoms with E-state index in [1.165, 1.54) is 0 Å². The first kappa shape index (κ1) is 18.0. The monoisotopic (exact) mass is 362 g/mol. The lowest BCUT2D eigenvalue weighted by atomic mass is 10.6. The molecule has 12 heteroatoms. The predicted octanol–water partition coefficient (Wildman–Crippen LogP) is 0.299. The van der Waals surface area contributed by atoms with Crippen LogP contribution < -0.4 is 11.0 Å². The lowest BCUT2D eigenvalue weighted by Crippen LogP contribution is -2.32. The Morgan fingerprint density at radius 1 is 1.33 bits per heavy atom. The molecule has 24 heavy (non-hydrogen) atoms. The summed E-state index contributed by atoms with van der Waals surface area (Å²) in [6.45, 7) is -0.190. The largest absolute Gasteiger partial charge is 0.451 e. The number of hydrogen-bond donors (Lipinski definition) is 1. The Labute approximate surface area is 138 Å². The van der Waals surface area contributed by atoms with Crippen LogP contribution in [-0.2, 0) is 24.6 Å². The molecule has 130 valence electrons. The second kappa shape index (κ2) is 7.47. The Morgan fingerprint density at radius 2 is 2.00 bits per heavy atom. The van der Waals surface area contributed by atoms with E-state index in [0.29, 0.717) is 14.4 Å². The highest BCUT2D eigenvalue weighted by Crippen LogP contribution is 2.25. The molecule has 2 aromatic rings. The molecule has 0 saturated carbocycles. The van der Waals surface area contributed by atoms with E-state index in [0.717, 1.165) is 18.8 Å². The van der Waals surface area contributed by atoms with Crippen molar-refractivity contribution in [3.8, 4) is 0 Å². The maximum Gasteiger partial charge on any atom is 0.451 e. The minimum atomic E-state index is -4.71. The zero-order valence-corrected chi connectivity index (χ0v) is 13.3. The van der Waals surface area contributed by atoms with Gasteiger partial charge in [-0.15, -0.1) is 5.10 Å². The van der Waals surface area contributed by atoms with Gasteiger partial charge in [0.25, 0.3) is 0 Å². The van der Waals surface area contributed by atoms with E-state index in [4.69, 9.17) is 0 Å². The van der Waals surface area contributed by atoms with Crippen LogP contribution in [0.1, 0.15) is 5.82 Å². The van der Waals surface area contributed by atoms with Crippen LogP contribution >= 0.6 is 11.8 Å². The lowest BCUT2D eigenvalue weighted by Gasteiger charge is -2.04. The van der Waals surface area contributed by atoms with E-state index in [9.17, 15) is 22.8 Å². The Morgan fingerprint density at radius 3 is 2.58 bits per heavy atom. The summed E-state index contributed by atoms with van der Waals surface area (Å²) in [5, 5.41) is 6.16. The summed E-state index contributed by atoms with van der Waals surface area (Å²) in [6, 6.07) is 1.64. The number of amides is 1. The first-order chi connectivity index (χ1) is 11.3. The van der Waals surface area contributed by atoms with Crippen LogP contribution in [0.5, 0.6) is 0 Å². The quantitative estimate of drug-likeness (QED) is 0.587. The number of carbonyl (C=O) groups excluding carboxylic acids is 1. The molecule has 0 aliphatic carbocycles. The van der Waals surface area contributed by atoms with Crippen LogP contribution in [-0.4, -0.2) is 42.5 Å².